The summed E-state index contributed by atoms with van der Waals surface area (Å²) in [4.78, 5) is 2.01. The van der Waals surface area contributed by atoms with E-state index in [2.05, 4.69) is 37.9 Å². The van der Waals surface area contributed by atoms with Crippen molar-refractivity contribution in [2.45, 2.75) is 13.8 Å². The molecule has 1 heteroatoms. The van der Waals surface area contributed by atoms with Crippen molar-refractivity contribution in [1.29, 1.82) is 0 Å². The van der Waals surface area contributed by atoms with Gasteiger partial charge in [-0.15, -0.1) is 0 Å². The van der Waals surface area contributed by atoms with E-state index in [0.29, 0.717) is 0 Å². The second kappa shape index (κ2) is 5.86. The van der Waals surface area contributed by atoms with Gasteiger partial charge >= 0.3 is 0 Å². The molecule has 15 heavy (non-hydrogen) atoms. The zero-order chi connectivity index (χ0) is 11.1. The maximum atomic E-state index is 3.81. The predicted molar refractivity (Wildman–Crippen MR) is 67.7 cm³/mol. The van der Waals surface area contributed by atoms with Crippen LogP contribution >= 0.6 is 0 Å². The lowest BCUT2D eigenvalue weighted by molar-refractivity contribution is 1.25. The van der Waals surface area contributed by atoms with Crippen LogP contribution in [0, 0.1) is 0 Å². The van der Waals surface area contributed by atoms with Crippen molar-refractivity contribution in [3.63, 3.8) is 0 Å². The molecule has 0 heterocycles. The third-order valence-corrected chi connectivity index (χ3v) is 2.02. The topological polar surface area (TPSA) is 3.24 Å². The lowest BCUT2D eigenvalue weighted by Crippen LogP contribution is -2.06. The average molecular weight is 199 g/mol. The number of allylic oxidation sites excluding steroid dienone is 3. The molecule has 0 saturated carbocycles. The number of hydrogen-bond acceptors (Lipinski definition) is 1. The van der Waals surface area contributed by atoms with Crippen LogP contribution in [0.15, 0.2) is 67.0 Å². The first-order valence-electron chi connectivity index (χ1n) is 5.05. The van der Waals surface area contributed by atoms with Crippen molar-refractivity contribution >= 4 is 5.69 Å². The highest BCUT2D eigenvalue weighted by Gasteiger charge is 1.96. The molecule has 0 aliphatic heterocycles. The molecule has 0 bridgehead atoms. The molecule has 1 rings (SSSR count). The van der Waals surface area contributed by atoms with Crippen molar-refractivity contribution in [3.8, 4) is 0 Å². The van der Waals surface area contributed by atoms with Crippen LogP contribution in [0.4, 0.5) is 5.69 Å². The van der Waals surface area contributed by atoms with Crippen LogP contribution in [0.5, 0.6) is 0 Å². The molecule has 0 amide bonds. The Kier molecular flexibility index (Phi) is 4.42. The molecule has 0 aliphatic carbocycles. The first kappa shape index (κ1) is 11.3. The third kappa shape index (κ3) is 3.47. The van der Waals surface area contributed by atoms with Gasteiger partial charge in [-0.2, -0.15) is 0 Å². The molecular weight excluding hydrogens is 182 g/mol. The summed E-state index contributed by atoms with van der Waals surface area (Å²) < 4.78 is 0. The molecule has 1 aromatic rings. The fourth-order valence-electron chi connectivity index (χ4n) is 1.36. The monoisotopic (exact) mass is 199 g/mol. The molecule has 0 aromatic heterocycles. The van der Waals surface area contributed by atoms with E-state index in [4.69, 9.17) is 0 Å². The largest absolute Gasteiger partial charge is 0.324 e. The number of nitrogens with zero attached hydrogens (tertiary/aromatic N) is 1. The second-order valence-electron chi connectivity index (χ2n) is 3.30. The molecule has 1 aromatic carbocycles. The maximum Gasteiger partial charge on any atom is 0.0449 e. The Morgan fingerprint density at radius 1 is 1.27 bits per heavy atom. The Morgan fingerprint density at radius 2 is 1.93 bits per heavy atom. The summed E-state index contributed by atoms with van der Waals surface area (Å²) in [6.07, 6.45) is 7.96. The van der Waals surface area contributed by atoms with Gasteiger partial charge in [-0.05, 0) is 31.6 Å². The Labute approximate surface area is 92.0 Å². The van der Waals surface area contributed by atoms with E-state index in [9.17, 15) is 0 Å². The van der Waals surface area contributed by atoms with Crippen LogP contribution in [0.1, 0.15) is 13.8 Å². The van der Waals surface area contributed by atoms with Crippen LogP contribution in [-0.4, -0.2) is 0 Å². The third-order valence-electron chi connectivity index (χ3n) is 2.02. The molecule has 0 saturated heterocycles. The molecule has 0 N–H and O–H groups in total. The minimum atomic E-state index is 1.12. The number of rotatable bonds is 4. The van der Waals surface area contributed by atoms with Crippen LogP contribution < -0.4 is 4.90 Å². The molecular formula is C14H17N. The van der Waals surface area contributed by atoms with Gasteiger partial charge in [0.2, 0.25) is 0 Å². The minimum absolute atomic E-state index is 1.12. The van der Waals surface area contributed by atoms with Gasteiger partial charge < -0.3 is 4.90 Å². The Hall–Kier alpha value is -1.76. The van der Waals surface area contributed by atoms with Gasteiger partial charge in [-0.3, -0.25) is 0 Å². The molecule has 0 fully saturated rings. The lowest BCUT2D eigenvalue weighted by Gasteiger charge is -2.15. The minimum Gasteiger partial charge on any atom is -0.324 e. The van der Waals surface area contributed by atoms with E-state index >= 15 is 0 Å². The number of hydrogen-bond donors (Lipinski definition) is 0. The molecule has 1 nitrogen and oxygen atoms in total. The van der Waals surface area contributed by atoms with Gasteiger partial charge in [0.15, 0.2) is 0 Å². The van der Waals surface area contributed by atoms with Crippen molar-refractivity contribution in [3.05, 3.63) is 67.0 Å². The van der Waals surface area contributed by atoms with Crippen LogP contribution in [0.3, 0.4) is 0 Å². The number of para-hydroxylation sites is 1. The average Bonchev–Trinajstić information content (AvgIpc) is 2.27. The molecule has 0 radical (unpaired) electrons. The van der Waals surface area contributed by atoms with E-state index in [0.717, 1.165) is 5.69 Å². The van der Waals surface area contributed by atoms with Gasteiger partial charge in [0.25, 0.3) is 0 Å². The van der Waals surface area contributed by atoms with Gasteiger partial charge in [0, 0.05) is 18.1 Å². The van der Waals surface area contributed by atoms with E-state index in [1.807, 2.05) is 42.3 Å². The van der Waals surface area contributed by atoms with Crippen molar-refractivity contribution in [2.75, 3.05) is 4.90 Å². The standard InChI is InChI=1S/C14H17N/c1-4-9-13(3)12-15(5-2)14-10-7-6-8-11-14/h4-12H,2H2,1,3H3/b9-4-,13-12-. The molecule has 0 atom stereocenters. The normalized spacial score (nSPS) is 11.7. The lowest BCUT2D eigenvalue weighted by atomic mass is 10.2. The van der Waals surface area contributed by atoms with E-state index in [1.54, 1.807) is 0 Å². The Bertz CT molecular complexity index is 360. The summed E-state index contributed by atoms with van der Waals surface area (Å²) in [5.74, 6) is 0. The second-order valence-corrected chi connectivity index (χ2v) is 3.30. The summed E-state index contributed by atoms with van der Waals surface area (Å²) in [7, 11) is 0. The maximum absolute atomic E-state index is 3.81. The van der Waals surface area contributed by atoms with Gasteiger partial charge in [0.1, 0.15) is 0 Å². The highest BCUT2D eigenvalue weighted by atomic mass is 15.1. The fraction of sp³-hybridized carbons (Fsp3) is 0.143. The van der Waals surface area contributed by atoms with Crippen LogP contribution in [0.25, 0.3) is 0 Å². The Balaban J connectivity index is 2.91. The van der Waals surface area contributed by atoms with Crippen molar-refractivity contribution in [2.24, 2.45) is 0 Å². The fourth-order valence-corrected chi connectivity index (χ4v) is 1.36. The number of anilines is 1. The van der Waals surface area contributed by atoms with E-state index in [1.165, 1.54) is 5.57 Å². The number of benzene rings is 1. The van der Waals surface area contributed by atoms with Gasteiger partial charge in [-0.25, -0.2) is 0 Å². The van der Waals surface area contributed by atoms with Crippen LogP contribution in [0.2, 0.25) is 0 Å². The predicted octanol–water partition coefficient (Wildman–Crippen LogP) is 4.12. The summed E-state index contributed by atoms with van der Waals surface area (Å²) in [6, 6.07) is 10.2. The molecule has 0 spiro atoms. The highest BCUT2D eigenvalue weighted by molar-refractivity contribution is 5.52. The highest BCUT2D eigenvalue weighted by Crippen LogP contribution is 2.15. The molecule has 78 valence electrons. The van der Waals surface area contributed by atoms with E-state index in [-0.39, 0.29) is 0 Å². The summed E-state index contributed by atoms with van der Waals surface area (Å²) in [5.41, 5.74) is 2.32. The first-order valence-corrected chi connectivity index (χ1v) is 5.05. The van der Waals surface area contributed by atoms with Crippen molar-refractivity contribution in [1.82, 2.24) is 0 Å². The first-order chi connectivity index (χ1) is 7.27. The Morgan fingerprint density at radius 3 is 2.47 bits per heavy atom. The smallest absolute Gasteiger partial charge is 0.0449 e. The summed E-state index contributed by atoms with van der Waals surface area (Å²) in [6.45, 7) is 7.89. The van der Waals surface area contributed by atoms with Crippen molar-refractivity contribution < 1.29 is 0 Å². The molecule has 0 unspecified atom stereocenters. The summed E-state index contributed by atoms with van der Waals surface area (Å²) in [5, 5.41) is 0. The zero-order valence-corrected chi connectivity index (χ0v) is 9.35. The molecule has 0 aliphatic rings. The SMILES string of the molecule is C=CN(/C=C(C)\C=C/C)c1ccccc1. The van der Waals surface area contributed by atoms with Crippen LogP contribution in [-0.2, 0) is 0 Å². The van der Waals surface area contributed by atoms with Gasteiger partial charge in [0.05, 0.1) is 0 Å². The quantitative estimate of drug-likeness (QED) is 0.659. The summed E-state index contributed by atoms with van der Waals surface area (Å²) >= 11 is 0. The van der Waals surface area contributed by atoms with E-state index < -0.39 is 0 Å². The van der Waals surface area contributed by atoms with Gasteiger partial charge in [-0.1, -0.05) is 36.9 Å². The zero-order valence-electron chi connectivity index (χ0n) is 9.35.